The third kappa shape index (κ3) is 3.91. The van der Waals surface area contributed by atoms with E-state index in [0.29, 0.717) is 18.0 Å². The maximum absolute atomic E-state index is 13.5. The molecule has 0 saturated carbocycles. The minimum absolute atomic E-state index is 0.0576. The van der Waals surface area contributed by atoms with Gasteiger partial charge in [0.05, 0.1) is 13.1 Å². The molecule has 0 N–H and O–H groups in total. The lowest BCUT2D eigenvalue weighted by Crippen LogP contribution is -2.74. The van der Waals surface area contributed by atoms with Gasteiger partial charge < -0.3 is 9.80 Å². The van der Waals surface area contributed by atoms with Gasteiger partial charge >= 0.3 is 0 Å². The van der Waals surface area contributed by atoms with E-state index in [1.807, 2.05) is 48.5 Å². The lowest BCUT2D eigenvalue weighted by atomic mass is 9.98. The number of rotatable bonds is 5. The molecule has 0 radical (unpaired) electrons. The zero-order chi connectivity index (χ0) is 21.3. The van der Waals surface area contributed by atoms with Crippen LogP contribution in [0.1, 0.15) is 11.1 Å². The minimum Gasteiger partial charge on any atom is -0.333 e. The molecule has 156 valence electrons. The fourth-order valence-electron chi connectivity index (χ4n) is 4.22. The van der Waals surface area contributed by atoms with E-state index in [4.69, 9.17) is 11.6 Å². The first-order valence-electron chi connectivity index (χ1n) is 9.81. The van der Waals surface area contributed by atoms with Crippen molar-refractivity contribution in [2.24, 2.45) is 0 Å². The number of fused-ring (bicyclic) bond motifs is 1. The molecule has 30 heavy (non-hydrogen) atoms. The second-order valence-electron chi connectivity index (χ2n) is 7.64. The van der Waals surface area contributed by atoms with E-state index in [1.54, 1.807) is 27.9 Å². The maximum atomic E-state index is 13.5. The van der Waals surface area contributed by atoms with Crippen molar-refractivity contribution in [3.63, 3.8) is 0 Å². The van der Waals surface area contributed by atoms with Crippen LogP contribution in [0.15, 0.2) is 54.6 Å². The number of amides is 3. The van der Waals surface area contributed by atoms with Crippen molar-refractivity contribution < 1.29 is 14.4 Å². The summed E-state index contributed by atoms with van der Waals surface area (Å²) < 4.78 is 0. The van der Waals surface area contributed by atoms with Crippen LogP contribution >= 0.6 is 11.6 Å². The summed E-state index contributed by atoms with van der Waals surface area (Å²) in [6.07, 6.45) is 0.570. The summed E-state index contributed by atoms with van der Waals surface area (Å²) in [6, 6.07) is 16.3. The second kappa shape index (κ2) is 8.45. The summed E-state index contributed by atoms with van der Waals surface area (Å²) in [7, 11) is 1.70. The van der Waals surface area contributed by atoms with Crippen LogP contribution in [0.3, 0.4) is 0 Å². The number of hydrogen-bond donors (Lipinski definition) is 0. The van der Waals surface area contributed by atoms with Crippen molar-refractivity contribution in [1.29, 1.82) is 0 Å². The summed E-state index contributed by atoms with van der Waals surface area (Å²) in [6.45, 7) is 0.660. The predicted molar refractivity (Wildman–Crippen MR) is 112 cm³/mol. The Labute approximate surface area is 180 Å². The molecule has 2 aliphatic rings. The van der Waals surface area contributed by atoms with Crippen LogP contribution in [0.25, 0.3) is 0 Å². The van der Waals surface area contributed by atoms with Gasteiger partial charge in [-0.1, -0.05) is 54.1 Å². The Kier molecular flexibility index (Phi) is 5.74. The number of hydrazine groups is 1. The number of carbonyl (C=O) groups excluding carboxylic acids is 3. The Morgan fingerprint density at radius 2 is 1.80 bits per heavy atom. The first kappa shape index (κ1) is 20.4. The molecule has 0 bridgehead atoms. The number of likely N-dealkylation sites (N-methyl/N-ethyl adjacent to an activating group) is 1. The molecule has 2 aromatic rings. The zero-order valence-corrected chi connectivity index (χ0v) is 17.4. The van der Waals surface area contributed by atoms with Crippen LogP contribution < -0.4 is 0 Å². The van der Waals surface area contributed by atoms with E-state index in [1.165, 1.54) is 5.01 Å². The van der Waals surface area contributed by atoms with Crippen LogP contribution in [-0.2, 0) is 27.3 Å². The fraction of sp³-hybridized carbons (Fsp3) is 0.318. The Bertz CT molecular complexity index is 954. The number of hydrogen-bond acceptors (Lipinski definition) is 4. The van der Waals surface area contributed by atoms with Gasteiger partial charge in [0.25, 0.3) is 0 Å². The molecular formula is C22H23ClN4O3. The van der Waals surface area contributed by atoms with Crippen LogP contribution in [0.2, 0.25) is 5.02 Å². The number of nitrogens with zero attached hydrogens (tertiary/aromatic N) is 4. The lowest BCUT2D eigenvalue weighted by Gasteiger charge is -2.53. The van der Waals surface area contributed by atoms with Crippen molar-refractivity contribution in [3.8, 4) is 0 Å². The molecule has 0 spiro atoms. The van der Waals surface area contributed by atoms with Gasteiger partial charge in [-0.05, 0) is 23.3 Å². The summed E-state index contributed by atoms with van der Waals surface area (Å²) in [5, 5.41) is 3.70. The molecule has 2 aromatic carbocycles. The SMILES string of the molecule is CN1CC(=O)N2C(CN(Cc3cccc(Cl)c3)C(=O)[C@@H]2Cc2ccccc2)N1C=O. The Morgan fingerprint density at radius 1 is 1.07 bits per heavy atom. The van der Waals surface area contributed by atoms with E-state index in [2.05, 4.69) is 0 Å². The van der Waals surface area contributed by atoms with E-state index >= 15 is 0 Å². The topological polar surface area (TPSA) is 64.2 Å². The molecule has 0 aliphatic carbocycles. The standard InChI is InChI=1S/C22H23ClN4O3/c1-24-14-21(29)27-19(11-16-6-3-2-4-7-16)22(30)25(13-20(27)26(24)15-28)12-17-8-5-9-18(23)10-17/h2-10,15,19-20H,11-14H2,1H3/t19-,20?/m0/s1. The molecule has 2 fully saturated rings. The number of carbonyl (C=O) groups is 3. The summed E-state index contributed by atoms with van der Waals surface area (Å²) >= 11 is 6.11. The summed E-state index contributed by atoms with van der Waals surface area (Å²) in [5.74, 6) is -0.281. The van der Waals surface area contributed by atoms with E-state index in [-0.39, 0.29) is 24.9 Å². The van der Waals surface area contributed by atoms with E-state index < -0.39 is 12.2 Å². The van der Waals surface area contributed by atoms with E-state index in [0.717, 1.165) is 17.5 Å². The van der Waals surface area contributed by atoms with E-state index in [9.17, 15) is 14.4 Å². The highest BCUT2D eigenvalue weighted by atomic mass is 35.5. The molecule has 3 amide bonds. The fourth-order valence-corrected chi connectivity index (χ4v) is 4.44. The monoisotopic (exact) mass is 426 g/mol. The van der Waals surface area contributed by atoms with Crippen LogP contribution in [0.4, 0.5) is 0 Å². The molecule has 2 heterocycles. The van der Waals surface area contributed by atoms with Crippen molar-refractivity contribution in [1.82, 2.24) is 19.8 Å². The van der Waals surface area contributed by atoms with Gasteiger partial charge in [0.2, 0.25) is 18.2 Å². The molecule has 2 saturated heterocycles. The molecule has 1 unspecified atom stereocenters. The number of piperazine rings is 1. The van der Waals surface area contributed by atoms with Gasteiger partial charge in [0.1, 0.15) is 12.2 Å². The smallest absolute Gasteiger partial charge is 0.246 e. The van der Waals surface area contributed by atoms with Crippen molar-refractivity contribution >= 4 is 29.8 Å². The Morgan fingerprint density at radius 3 is 2.50 bits per heavy atom. The number of benzene rings is 2. The van der Waals surface area contributed by atoms with Crippen LogP contribution in [0.5, 0.6) is 0 Å². The quantitative estimate of drug-likeness (QED) is 0.683. The van der Waals surface area contributed by atoms with Gasteiger partial charge in [-0.15, -0.1) is 0 Å². The van der Waals surface area contributed by atoms with Crippen LogP contribution in [-0.4, -0.2) is 70.4 Å². The highest BCUT2D eigenvalue weighted by molar-refractivity contribution is 6.30. The maximum Gasteiger partial charge on any atom is 0.246 e. The highest BCUT2D eigenvalue weighted by Crippen LogP contribution is 2.28. The Hall–Kier alpha value is -2.90. The Balaban J connectivity index is 1.68. The van der Waals surface area contributed by atoms with Crippen LogP contribution in [0, 0.1) is 0 Å². The van der Waals surface area contributed by atoms with Crippen molar-refractivity contribution in [3.05, 3.63) is 70.7 Å². The van der Waals surface area contributed by atoms with Crippen molar-refractivity contribution in [2.45, 2.75) is 25.2 Å². The average molecular weight is 427 g/mol. The molecular weight excluding hydrogens is 404 g/mol. The predicted octanol–water partition coefficient (Wildman–Crippen LogP) is 1.77. The largest absolute Gasteiger partial charge is 0.333 e. The second-order valence-corrected chi connectivity index (χ2v) is 8.07. The first-order valence-corrected chi connectivity index (χ1v) is 10.2. The van der Waals surface area contributed by atoms with Gasteiger partial charge in [0.15, 0.2) is 0 Å². The van der Waals surface area contributed by atoms with Crippen molar-refractivity contribution in [2.75, 3.05) is 20.1 Å². The van der Waals surface area contributed by atoms with Gasteiger partial charge in [-0.3, -0.25) is 19.4 Å². The summed E-state index contributed by atoms with van der Waals surface area (Å²) in [5.41, 5.74) is 1.86. The third-order valence-electron chi connectivity index (χ3n) is 5.63. The zero-order valence-electron chi connectivity index (χ0n) is 16.6. The molecule has 2 aliphatic heterocycles. The third-order valence-corrected chi connectivity index (χ3v) is 5.87. The highest BCUT2D eigenvalue weighted by Gasteiger charge is 2.48. The molecule has 8 heteroatoms. The average Bonchev–Trinajstić information content (AvgIpc) is 2.72. The number of halogens is 1. The first-order chi connectivity index (χ1) is 14.5. The molecule has 7 nitrogen and oxygen atoms in total. The van der Waals surface area contributed by atoms with Gasteiger partial charge in [0, 0.05) is 25.0 Å². The molecule has 2 atom stereocenters. The molecule has 4 rings (SSSR count). The lowest BCUT2D eigenvalue weighted by molar-refractivity contribution is -0.196. The van der Waals surface area contributed by atoms with Gasteiger partial charge in [-0.2, -0.15) is 0 Å². The molecule has 0 aromatic heterocycles. The summed E-state index contributed by atoms with van der Waals surface area (Å²) in [4.78, 5) is 41.5. The minimum atomic E-state index is -0.672. The van der Waals surface area contributed by atoms with Gasteiger partial charge in [-0.25, -0.2) is 5.01 Å². The normalized spacial score (nSPS) is 22.3.